The van der Waals surface area contributed by atoms with Crippen LogP contribution in [-0.4, -0.2) is 31.3 Å². The Morgan fingerprint density at radius 1 is 1.25 bits per heavy atom. The fourth-order valence-electron chi connectivity index (χ4n) is 0.506. The standard InChI is InChI=1S/C6H15NO.C2H6N.Y/c1-2-4-7-5-3-6-8;1-2-3;/h7-8H,2-6H2,1H3;3H,2H2,1H3;/q;-1;. The maximum atomic E-state index is 8.33. The first kappa shape index (κ1) is 18.7. The SMILES string of the molecule is CCCNCCCO.CC[NH-].[Y]. The zero-order chi connectivity index (χ0) is 8.95. The van der Waals surface area contributed by atoms with Gasteiger partial charge in [-0.25, -0.2) is 0 Å². The van der Waals surface area contributed by atoms with Gasteiger partial charge in [0, 0.05) is 39.3 Å². The Morgan fingerprint density at radius 2 is 1.75 bits per heavy atom. The van der Waals surface area contributed by atoms with Crippen molar-refractivity contribution in [1.82, 2.24) is 5.32 Å². The maximum absolute atomic E-state index is 8.33. The van der Waals surface area contributed by atoms with Crippen molar-refractivity contribution in [2.45, 2.75) is 26.7 Å². The zero-order valence-corrected chi connectivity index (χ0v) is 11.1. The van der Waals surface area contributed by atoms with Crippen LogP contribution in [0.4, 0.5) is 0 Å². The fraction of sp³-hybridized carbons (Fsp3) is 1.00. The summed E-state index contributed by atoms with van der Waals surface area (Å²) in [6, 6.07) is 0. The second-order valence-corrected chi connectivity index (χ2v) is 2.18. The normalized spacial score (nSPS) is 8.00. The number of aliphatic hydroxyl groups excluding tert-OH is 1. The van der Waals surface area contributed by atoms with Gasteiger partial charge in [-0.15, -0.1) is 0 Å². The van der Waals surface area contributed by atoms with Gasteiger partial charge in [0.25, 0.3) is 0 Å². The average Bonchev–Trinajstić information content (AvgIpc) is 2.00. The summed E-state index contributed by atoms with van der Waals surface area (Å²) in [6.07, 6.45) is 2.05. The fourth-order valence-corrected chi connectivity index (χ4v) is 0.506. The van der Waals surface area contributed by atoms with Gasteiger partial charge in [0.05, 0.1) is 0 Å². The molecule has 0 aromatic rings. The van der Waals surface area contributed by atoms with Crippen LogP contribution in [0.15, 0.2) is 0 Å². The third kappa shape index (κ3) is 30.6. The molecule has 0 saturated heterocycles. The van der Waals surface area contributed by atoms with Crippen LogP contribution < -0.4 is 5.32 Å². The molecule has 0 aromatic carbocycles. The van der Waals surface area contributed by atoms with Gasteiger partial charge in [0.15, 0.2) is 0 Å². The summed E-state index contributed by atoms with van der Waals surface area (Å²) in [5, 5.41) is 11.5. The van der Waals surface area contributed by atoms with E-state index >= 15 is 0 Å². The molecule has 4 heteroatoms. The first-order chi connectivity index (χ1) is 5.33. The summed E-state index contributed by atoms with van der Waals surface area (Å²) in [5.74, 6) is 0. The smallest absolute Gasteiger partial charge is 0.0443 e. The summed E-state index contributed by atoms with van der Waals surface area (Å²) in [7, 11) is 0. The van der Waals surface area contributed by atoms with Crippen LogP contribution >= 0.6 is 0 Å². The van der Waals surface area contributed by atoms with E-state index in [1.165, 1.54) is 6.42 Å². The van der Waals surface area contributed by atoms with Gasteiger partial charge >= 0.3 is 0 Å². The minimum absolute atomic E-state index is 0. The van der Waals surface area contributed by atoms with Gasteiger partial charge in [0.1, 0.15) is 0 Å². The molecular formula is C8H21N2OY-. The molecule has 1 radical (unpaired) electrons. The molecule has 12 heavy (non-hydrogen) atoms. The predicted molar refractivity (Wildman–Crippen MR) is 49.7 cm³/mol. The summed E-state index contributed by atoms with van der Waals surface area (Å²) in [4.78, 5) is 0. The van der Waals surface area contributed by atoms with Crippen molar-refractivity contribution in [2.75, 3.05) is 26.2 Å². The molecule has 0 rings (SSSR count). The third-order valence-electron chi connectivity index (χ3n) is 0.938. The Kier molecular flexibility index (Phi) is 35.4. The molecule has 0 saturated carbocycles. The number of rotatable bonds is 5. The van der Waals surface area contributed by atoms with Crippen LogP contribution in [0.2, 0.25) is 0 Å². The summed E-state index contributed by atoms with van der Waals surface area (Å²) in [6.45, 7) is 6.74. The molecule has 73 valence electrons. The van der Waals surface area contributed by atoms with Crippen molar-refractivity contribution in [2.24, 2.45) is 0 Å². The van der Waals surface area contributed by atoms with Crippen molar-refractivity contribution in [1.29, 1.82) is 0 Å². The van der Waals surface area contributed by atoms with Crippen LogP contribution in [-0.2, 0) is 32.7 Å². The van der Waals surface area contributed by atoms with E-state index in [4.69, 9.17) is 10.8 Å². The summed E-state index contributed by atoms with van der Waals surface area (Å²) < 4.78 is 0. The van der Waals surface area contributed by atoms with E-state index < -0.39 is 0 Å². The molecule has 3 nitrogen and oxygen atoms in total. The van der Waals surface area contributed by atoms with Gasteiger partial charge in [-0.3, -0.25) is 0 Å². The van der Waals surface area contributed by atoms with Crippen LogP contribution in [0.1, 0.15) is 26.7 Å². The van der Waals surface area contributed by atoms with E-state index in [1.54, 1.807) is 6.92 Å². The average molecular weight is 250 g/mol. The monoisotopic (exact) mass is 250 g/mol. The van der Waals surface area contributed by atoms with E-state index in [2.05, 4.69) is 12.2 Å². The third-order valence-corrected chi connectivity index (χ3v) is 0.938. The van der Waals surface area contributed by atoms with Crippen molar-refractivity contribution in [3.8, 4) is 0 Å². The molecule has 0 bridgehead atoms. The molecule has 0 aliphatic carbocycles. The van der Waals surface area contributed by atoms with Gasteiger partial charge in [-0.05, 0) is 25.9 Å². The predicted octanol–water partition coefficient (Wildman–Crippen LogP) is 1.42. The molecule has 0 unspecified atom stereocenters. The Morgan fingerprint density at radius 3 is 2.08 bits per heavy atom. The van der Waals surface area contributed by atoms with E-state index in [0.29, 0.717) is 13.2 Å². The second-order valence-electron chi connectivity index (χ2n) is 2.18. The Hall–Kier alpha value is 0.984. The Balaban J connectivity index is -0.000000177. The quantitative estimate of drug-likeness (QED) is 0.725. The molecule has 0 aliphatic heterocycles. The second kappa shape index (κ2) is 22.7. The van der Waals surface area contributed by atoms with Crippen molar-refractivity contribution in [3.63, 3.8) is 0 Å². The topological polar surface area (TPSA) is 56.1 Å². The van der Waals surface area contributed by atoms with Gasteiger partial charge in [0.2, 0.25) is 0 Å². The van der Waals surface area contributed by atoms with E-state index in [9.17, 15) is 0 Å². The number of aliphatic hydroxyl groups is 1. The Labute approximate surface area is 101 Å². The molecular weight excluding hydrogens is 229 g/mol. The Bertz CT molecular complexity index is 50.3. The van der Waals surface area contributed by atoms with Gasteiger partial charge in [-0.1, -0.05) is 13.8 Å². The van der Waals surface area contributed by atoms with Crippen LogP contribution in [0.5, 0.6) is 0 Å². The van der Waals surface area contributed by atoms with Gasteiger partial charge in [-0.2, -0.15) is 6.54 Å². The van der Waals surface area contributed by atoms with E-state index in [-0.39, 0.29) is 32.7 Å². The largest absolute Gasteiger partial charge is 0.678 e. The van der Waals surface area contributed by atoms with Crippen LogP contribution in [0.25, 0.3) is 5.73 Å². The van der Waals surface area contributed by atoms with Crippen LogP contribution in [0.3, 0.4) is 0 Å². The molecule has 0 aliphatic rings. The number of hydrogen-bond acceptors (Lipinski definition) is 2. The molecule has 0 atom stereocenters. The molecule has 3 N–H and O–H groups in total. The summed E-state index contributed by atoms with van der Waals surface area (Å²) >= 11 is 0. The molecule has 0 amide bonds. The van der Waals surface area contributed by atoms with E-state index in [1.807, 2.05) is 0 Å². The minimum atomic E-state index is 0. The molecule has 0 spiro atoms. The number of hydrogen-bond donors (Lipinski definition) is 2. The first-order valence-corrected chi connectivity index (χ1v) is 4.29. The van der Waals surface area contributed by atoms with E-state index in [0.717, 1.165) is 19.5 Å². The number of nitrogens with one attached hydrogen (secondary N) is 2. The zero-order valence-electron chi connectivity index (χ0n) is 8.27. The minimum Gasteiger partial charge on any atom is -0.678 e. The van der Waals surface area contributed by atoms with Gasteiger partial charge < -0.3 is 16.2 Å². The first-order valence-electron chi connectivity index (χ1n) is 4.29. The molecule has 0 aromatic heterocycles. The van der Waals surface area contributed by atoms with Crippen molar-refractivity contribution >= 4 is 0 Å². The molecule has 0 heterocycles. The summed E-state index contributed by atoms with van der Waals surface area (Å²) in [5.41, 5.74) is 6.21. The maximum Gasteiger partial charge on any atom is 0.0443 e. The van der Waals surface area contributed by atoms with Crippen molar-refractivity contribution < 1.29 is 37.8 Å². The van der Waals surface area contributed by atoms with Crippen LogP contribution in [0, 0.1) is 0 Å². The van der Waals surface area contributed by atoms with Crippen molar-refractivity contribution in [3.05, 3.63) is 5.73 Å². The molecule has 0 fully saturated rings.